The zero-order valence-electron chi connectivity index (χ0n) is 16.8. The van der Waals surface area contributed by atoms with Crippen LogP contribution in [0.25, 0.3) is 5.65 Å². The number of hydrogen-bond donors (Lipinski definition) is 1. The Morgan fingerprint density at radius 2 is 1.97 bits per heavy atom. The van der Waals surface area contributed by atoms with Gasteiger partial charge in [0.1, 0.15) is 0 Å². The standard InChI is InChI=1S/C19H23N5O4S2/c1-23(28-2)30(26,27)15-9-7-14(8-10-15)19(25)20-16(11-13-29-3)18-22-21-17-6-4-5-12-24(17)18/h4-10,12,16H,11,13H2,1-3H3,(H,20,25). The molecule has 3 rings (SSSR count). The van der Waals surface area contributed by atoms with E-state index in [4.69, 9.17) is 4.84 Å². The van der Waals surface area contributed by atoms with E-state index in [0.717, 1.165) is 10.2 Å². The van der Waals surface area contributed by atoms with Gasteiger partial charge in [0.2, 0.25) is 0 Å². The Labute approximate surface area is 179 Å². The molecule has 0 fully saturated rings. The molecule has 0 aliphatic carbocycles. The number of hydrogen-bond acceptors (Lipinski definition) is 7. The second kappa shape index (κ2) is 9.56. The lowest BCUT2D eigenvalue weighted by molar-refractivity contribution is -0.0258. The average Bonchev–Trinajstić information content (AvgIpc) is 3.20. The van der Waals surface area contributed by atoms with Gasteiger partial charge in [0.25, 0.3) is 15.9 Å². The quantitative estimate of drug-likeness (QED) is 0.499. The first-order valence-electron chi connectivity index (χ1n) is 9.11. The first-order chi connectivity index (χ1) is 14.4. The van der Waals surface area contributed by atoms with Crippen molar-refractivity contribution in [2.75, 3.05) is 26.2 Å². The highest BCUT2D eigenvalue weighted by atomic mass is 32.2. The molecule has 1 aromatic carbocycles. The molecule has 0 radical (unpaired) electrons. The van der Waals surface area contributed by atoms with Crippen molar-refractivity contribution < 1.29 is 18.0 Å². The second-order valence-electron chi connectivity index (χ2n) is 6.42. The maximum absolute atomic E-state index is 12.8. The summed E-state index contributed by atoms with van der Waals surface area (Å²) in [5.41, 5.74) is 1.05. The fourth-order valence-corrected chi connectivity index (χ4v) is 4.31. The van der Waals surface area contributed by atoms with Crippen molar-refractivity contribution in [1.82, 2.24) is 24.4 Å². The molecule has 9 nitrogen and oxygen atoms in total. The number of carbonyl (C=O) groups is 1. The third-order valence-electron chi connectivity index (χ3n) is 4.58. The molecule has 0 bridgehead atoms. The smallest absolute Gasteiger partial charge is 0.264 e. The Kier molecular flexibility index (Phi) is 7.08. The van der Waals surface area contributed by atoms with Crippen molar-refractivity contribution in [3.05, 3.63) is 60.0 Å². The van der Waals surface area contributed by atoms with E-state index in [9.17, 15) is 13.2 Å². The van der Waals surface area contributed by atoms with Crippen molar-refractivity contribution in [1.29, 1.82) is 0 Å². The summed E-state index contributed by atoms with van der Waals surface area (Å²) in [7, 11) is -1.20. The van der Waals surface area contributed by atoms with Crippen molar-refractivity contribution in [2.24, 2.45) is 0 Å². The Morgan fingerprint density at radius 1 is 1.23 bits per heavy atom. The number of sulfonamides is 1. The first kappa shape index (κ1) is 22.2. The lowest BCUT2D eigenvalue weighted by Gasteiger charge is -2.17. The highest BCUT2D eigenvalue weighted by Crippen LogP contribution is 2.20. The van der Waals surface area contributed by atoms with Gasteiger partial charge >= 0.3 is 0 Å². The summed E-state index contributed by atoms with van der Waals surface area (Å²) >= 11 is 1.67. The van der Waals surface area contributed by atoms with Crippen molar-refractivity contribution in [3.8, 4) is 0 Å². The monoisotopic (exact) mass is 449 g/mol. The minimum Gasteiger partial charge on any atom is -0.342 e. The number of amides is 1. The minimum atomic E-state index is -3.77. The topological polar surface area (TPSA) is 106 Å². The maximum atomic E-state index is 12.8. The molecule has 3 aromatic rings. The van der Waals surface area contributed by atoms with E-state index >= 15 is 0 Å². The number of rotatable bonds is 9. The van der Waals surface area contributed by atoms with E-state index in [1.54, 1.807) is 11.8 Å². The van der Waals surface area contributed by atoms with E-state index in [2.05, 4.69) is 15.5 Å². The van der Waals surface area contributed by atoms with Crippen LogP contribution in [0.5, 0.6) is 0 Å². The molecule has 0 aliphatic rings. The molecule has 1 amide bonds. The molecular weight excluding hydrogens is 426 g/mol. The van der Waals surface area contributed by atoms with E-state index in [0.29, 0.717) is 23.5 Å². The van der Waals surface area contributed by atoms with E-state index < -0.39 is 10.0 Å². The number of pyridine rings is 1. The van der Waals surface area contributed by atoms with Gasteiger partial charge in [-0.25, -0.2) is 8.42 Å². The van der Waals surface area contributed by atoms with Gasteiger partial charge in [0.15, 0.2) is 11.5 Å². The number of nitrogens with zero attached hydrogens (tertiary/aromatic N) is 4. The zero-order chi connectivity index (χ0) is 21.7. The molecule has 1 atom stereocenters. The number of carbonyl (C=O) groups excluding carboxylic acids is 1. The van der Waals surface area contributed by atoms with Crippen LogP contribution in [0.2, 0.25) is 0 Å². The minimum absolute atomic E-state index is 0.0331. The summed E-state index contributed by atoms with van der Waals surface area (Å²) in [6.45, 7) is 0. The first-order valence-corrected chi connectivity index (χ1v) is 11.9. The Balaban J connectivity index is 1.82. The summed E-state index contributed by atoms with van der Waals surface area (Å²) in [6, 6.07) is 11.0. The van der Waals surface area contributed by atoms with E-state index in [1.165, 1.54) is 38.4 Å². The van der Waals surface area contributed by atoms with Crippen LogP contribution in [0.15, 0.2) is 53.6 Å². The maximum Gasteiger partial charge on any atom is 0.264 e. The molecule has 2 heterocycles. The molecule has 0 saturated carbocycles. The van der Waals surface area contributed by atoms with Crippen LogP contribution >= 0.6 is 11.8 Å². The zero-order valence-corrected chi connectivity index (χ0v) is 18.5. The number of fused-ring (bicyclic) bond motifs is 1. The fraction of sp³-hybridized carbons (Fsp3) is 0.316. The highest BCUT2D eigenvalue weighted by Gasteiger charge is 2.23. The molecule has 1 unspecified atom stereocenters. The molecule has 160 valence electrons. The van der Waals surface area contributed by atoms with Crippen molar-refractivity contribution >= 4 is 33.3 Å². The van der Waals surface area contributed by atoms with Gasteiger partial charge in [0.05, 0.1) is 18.0 Å². The SMILES string of the molecule is CON(C)S(=O)(=O)c1ccc(C(=O)NC(CCSC)c2nnc3ccccn23)cc1. The van der Waals surface area contributed by atoms with Gasteiger partial charge in [-0.2, -0.15) is 11.8 Å². The Bertz CT molecular complexity index is 1120. The fourth-order valence-electron chi connectivity index (χ4n) is 2.87. The predicted molar refractivity (Wildman–Crippen MR) is 115 cm³/mol. The van der Waals surface area contributed by atoms with Crippen LogP contribution in [0, 0.1) is 0 Å². The largest absolute Gasteiger partial charge is 0.342 e. The Hall–Kier alpha value is -2.47. The van der Waals surface area contributed by atoms with Crippen LogP contribution in [0.3, 0.4) is 0 Å². The van der Waals surface area contributed by atoms with Gasteiger partial charge in [-0.3, -0.25) is 14.0 Å². The third kappa shape index (κ3) is 4.64. The number of nitrogens with one attached hydrogen (secondary N) is 1. The Morgan fingerprint density at radius 3 is 2.63 bits per heavy atom. The summed E-state index contributed by atoms with van der Waals surface area (Å²) in [5, 5.41) is 11.4. The molecule has 11 heteroatoms. The molecule has 0 saturated heterocycles. The van der Waals surface area contributed by atoms with Crippen LogP contribution < -0.4 is 5.32 Å². The number of aromatic nitrogens is 3. The van der Waals surface area contributed by atoms with Gasteiger partial charge in [-0.15, -0.1) is 10.2 Å². The molecule has 1 N–H and O–H groups in total. The second-order valence-corrected chi connectivity index (χ2v) is 9.34. The predicted octanol–water partition coefficient (Wildman–Crippen LogP) is 2.14. The molecule has 30 heavy (non-hydrogen) atoms. The summed E-state index contributed by atoms with van der Waals surface area (Å²) in [5.74, 6) is 1.15. The number of benzene rings is 1. The molecule has 0 spiro atoms. The van der Waals surface area contributed by atoms with Gasteiger partial charge < -0.3 is 5.32 Å². The number of thioether (sulfide) groups is 1. The summed E-state index contributed by atoms with van der Waals surface area (Å²) < 4.78 is 27.2. The molecule has 0 aliphatic heterocycles. The number of hydroxylamine groups is 1. The van der Waals surface area contributed by atoms with Gasteiger partial charge in [-0.05, 0) is 54.8 Å². The van der Waals surface area contributed by atoms with Crippen molar-refractivity contribution in [3.63, 3.8) is 0 Å². The normalized spacial score (nSPS) is 12.9. The van der Waals surface area contributed by atoms with Crippen LogP contribution in [-0.4, -0.2) is 59.6 Å². The van der Waals surface area contributed by atoms with E-state index in [-0.39, 0.29) is 16.8 Å². The lowest BCUT2D eigenvalue weighted by Crippen LogP contribution is -2.30. The van der Waals surface area contributed by atoms with Gasteiger partial charge in [0, 0.05) is 18.8 Å². The van der Waals surface area contributed by atoms with Gasteiger partial charge in [-0.1, -0.05) is 10.5 Å². The van der Waals surface area contributed by atoms with Crippen molar-refractivity contribution in [2.45, 2.75) is 17.4 Å². The lowest BCUT2D eigenvalue weighted by atomic mass is 10.1. The van der Waals surface area contributed by atoms with Crippen LogP contribution in [-0.2, 0) is 14.9 Å². The van der Waals surface area contributed by atoms with Crippen LogP contribution in [0.1, 0.15) is 28.6 Å². The molecule has 2 aromatic heterocycles. The van der Waals surface area contributed by atoms with E-state index in [1.807, 2.05) is 35.1 Å². The third-order valence-corrected chi connectivity index (χ3v) is 6.92. The van der Waals surface area contributed by atoms with Crippen LogP contribution in [0.4, 0.5) is 0 Å². The average molecular weight is 450 g/mol. The highest BCUT2D eigenvalue weighted by molar-refractivity contribution is 7.98. The summed E-state index contributed by atoms with van der Waals surface area (Å²) in [6.07, 6.45) is 4.53. The molecular formula is C19H23N5O4S2. The summed E-state index contributed by atoms with van der Waals surface area (Å²) in [4.78, 5) is 17.6.